The van der Waals surface area contributed by atoms with E-state index in [-0.39, 0.29) is 5.57 Å². The minimum absolute atomic E-state index is 0.0938. The van der Waals surface area contributed by atoms with Gasteiger partial charge in [0.2, 0.25) is 0 Å². The molecule has 0 N–H and O–H groups in total. The van der Waals surface area contributed by atoms with Crippen molar-refractivity contribution in [2.75, 3.05) is 13.1 Å². The van der Waals surface area contributed by atoms with Gasteiger partial charge in [-0.05, 0) is 26.0 Å². The van der Waals surface area contributed by atoms with Crippen LogP contribution in [0.2, 0.25) is 0 Å². The van der Waals surface area contributed by atoms with Gasteiger partial charge in [-0.3, -0.25) is 0 Å². The van der Waals surface area contributed by atoms with E-state index in [0.29, 0.717) is 18.9 Å². The molecule has 0 atom stereocenters. The van der Waals surface area contributed by atoms with Crippen LogP contribution in [0.5, 0.6) is 0 Å². The molecule has 4 heteroatoms. The normalized spacial score (nSPS) is 14.9. The van der Waals surface area contributed by atoms with Gasteiger partial charge < -0.3 is 4.90 Å². The van der Waals surface area contributed by atoms with Crippen LogP contribution >= 0.6 is 0 Å². The van der Waals surface area contributed by atoms with Gasteiger partial charge in [0.1, 0.15) is 5.84 Å². The Hall–Kier alpha value is -1.45. The predicted molar refractivity (Wildman–Crippen MR) is 57.9 cm³/mol. The van der Waals surface area contributed by atoms with Crippen molar-refractivity contribution in [2.24, 2.45) is 4.99 Å². The standard InChI is InChI=1S/C11H14F2N2/c1-3-15(4-2)11-9(10(12)13)7-5-6-8-14-11/h5-8H,3-4H2,1-2H3. The Balaban J connectivity index is 3.11. The summed E-state index contributed by atoms with van der Waals surface area (Å²) in [6, 6.07) is 0. The first-order valence-electron chi connectivity index (χ1n) is 4.92. The Bertz CT molecular complexity index is 332. The molecule has 0 saturated carbocycles. The smallest absolute Gasteiger partial charge is 0.281 e. The van der Waals surface area contributed by atoms with Crippen LogP contribution < -0.4 is 0 Å². The van der Waals surface area contributed by atoms with Gasteiger partial charge in [-0.2, -0.15) is 8.78 Å². The third kappa shape index (κ3) is 2.75. The largest absolute Gasteiger partial charge is 0.357 e. The number of hydrogen-bond donors (Lipinski definition) is 0. The van der Waals surface area contributed by atoms with E-state index < -0.39 is 6.08 Å². The lowest BCUT2D eigenvalue weighted by atomic mass is 10.2. The van der Waals surface area contributed by atoms with Crippen molar-refractivity contribution in [3.63, 3.8) is 0 Å². The lowest BCUT2D eigenvalue weighted by Gasteiger charge is -2.22. The third-order valence-electron chi connectivity index (χ3n) is 2.16. The quantitative estimate of drug-likeness (QED) is 0.687. The molecule has 2 nitrogen and oxygen atoms in total. The third-order valence-corrected chi connectivity index (χ3v) is 2.16. The molecule has 1 aliphatic heterocycles. The molecule has 0 fully saturated rings. The van der Waals surface area contributed by atoms with E-state index in [1.54, 1.807) is 17.1 Å². The maximum absolute atomic E-state index is 12.7. The highest BCUT2D eigenvalue weighted by Crippen LogP contribution is 2.16. The average Bonchev–Trinajstić information content (AvgIpc) is 2.45. The minimum Gasteiger partial charge on any atom is -0.357 e. The Morgan fingerprint density at radius 3 is 2.47 bits per heavy atom. The highest BCUT2D eigenvalue weighted by molar-refractivity contribution is 6.01. The van der Waals surface area contributed by atoms with E-state index in [0.717, 1.165) is 0 Å². The molecule has 0 aromatic carbocycles. The monoisotopic (exact) mass is 212 g/mol. The van der Waals surface area contributed by atoms with E-state index in [1.807, 2.05) is 13.8 Å². The van der Waals surface area contributed by atoms with Crippen LogP contribution in [0.1, 0.15) is 13.8 Å². The molecule has 1 rings (SSSR count). The van der Waals surface area contributed by atoms with Gasteiger partial charge in [0.05, 0.1) is 5.57 Å². The molecule has 0 aromatic heterocycles. The maximum atomic E-state index is 12.7. The molecule has 0 bridgehead atoms. The highest BCUT2D eigenvalue weighted by Gasteiger charge is 2.16. The molecule has 0 unspecified atom stereocenters. The second-order valence-electron chi connectivity index (χ2n) is 3.00. The van der Waals surface area contributed by atoms with E-state index in [2.05, 4.69) is 4.99 Å². The average molecular weight is 212 g/mol. The molecule has 82 valence electrons. The number of rotatable bonds is 2. The number of allylic oxidation sites excluding steroid dienone is 2. The first-order valence-corrected chi connectivity index (χ1v) is 4.92. The van der Waals surface area contributed by atoms with Crippen molar-refractivity contribution in [3.8, 4) is 0 Å². The fourth-order valence-corrected chi connectivity index (χ4v) is 1.38. The zero-order valence-electron chi connectivity index (χ0n) is 8.87. The molecule has 0 spiro atoms. The van der Waals surface area contributed by atoms with Crippen LogP contribution in [0, 0.1) is 0 Å². The van der Waals surface area contributed by atoms with Gasteiger partial charge >= 0.3 is 0 Å². The van der Waals surface area contributed by atoms with Crippen LogP contribution in [-0.2, 0) is 0 Å². The van der Waals surface area contributed by atoms with Gasteiger partial charge in [-0.15, -0.1) is 0 Å². The molecular weight excluding hydrogens is 198 g/mol. The summed E-state index contributed by atoms with van der Waals surface area (Å²) in [5.41, 5.74) is -0.0938. The first-order chi connectivity index (χ1) is 7.20. The maximum Gasteiger partial charge on any atom is 0.281 e. The summed E-state index contributed by atoms with van der Waals surface area (Å²) in [6.45, 7) is 5.15. The molecule has 1 heterocycles. The van der Waals surface area contributed by atoms with Crippen molar-refractivity contribution < 1.29 is 8.78 Å². The summed E-state index contributed by atoms with van der Waals surface area (Å²) in [5, 5.41) is 0. The Labute approximate surface area is 88.3 Å². The predicted octanol–water partition coefficient (Wildman–Crippen LogP) is 2.96. The SMILES string of the molecule is CCN(CC)C1=NC=CC=CC1=C(F)F. The minimum atomic E-state index is -1.69. The van der Waals surface area contributed by atoms with Crippen molar-refractivity contribution in [1.29, 1.82) is 0 Å². The molecular formula is C11H14F2N2. The van der Waals surface area contributed by atoms with Crippen LogP contribution in [0.15, 0.2) is 41.1 Å². The molecule has 0 amide bonds. The molecule has 0 aliphatic carbocycles. The van der Waals surface area contributed by atoms with E-state index >= 15 is 0 Å². The lowest BCUT2D eigenvalue weighted by Crippen LogP contribution is -2.31. The number of hydrogen-bond acceptors (Lipinski definition) is 2. The van der Waals surface area contributed by atoms with Gasteiger partial charge in [0.25, 0.3) is 6.08 Å². The molecule has 0 radical (unpaired) electrons. The number of halogens is 2. The van der Waals surface area contributed by atoms with E-state index in [1.165, 1.54) is 12.3 Å². The zero-order chi connectivity index (χ0) is 11.3. The fourth-order valence-electron chi connectivity index (χ4n) is 1.38. The van der Waals surface area contributed by atoms with Crippen LogP contribution in [-0.4, -0.2) is 23.8 Å². The second kappa shape index (κ2) is 5.44. The number of nitrogens with zero attached hydrogens (tertiary/aromatic N) is 2. The van der Waals surface area contributed by atoms with Crippen LogP contribution in [0.4, 0.5) is 8.78 Å². The Kier molecular flexibility index (Phi) is 4.21. The van der Waals surface area contributed by atoms with Crippen molar-refractivity contribution >= 4 is 5.84 Å². The Morgan fingerprint density at radius 1 is 1.27 bits per heavy atom. The number of likely N-dealkylation sites (N-methyl/N-ethyl adjacent to an activating group) is 1. The van der Waals surface area contributed by atoms with E-state index in [9.17, 15) is 8.78 Å². The Morgan fingerprint density at radius 2 is 1.93 bits per heavy atom. The molecule has 0 aromatic rings. The summed E-state index contributed by atoms with van der Waals surface area (Å²) in [4.78, 5) is 5.83. The lowest BCUT2D eigenvalue weighted by molar-refractivity contribution is 0.411. The second-order valence-corrected chi connectivity index (χ2v) is 3.00. The van der Waals surface area contributed by atoms with Crippen LogP contribution in [0.25, 0.3) is 0 Å². The molecule has 0 saturated heterocycles. The van der Waals surface area contributed by atoms with Crippen molar-refractivity contribution in [1.82, 2.24) is 4.90 Å². The van der Waals surface area contributed by atoms with Gasteiger partial charge in [0.15, 0.2) is 0 Å². The van der Waals surface area contributed by atoms with Crippen molar-refractivity contribution in [3.05, 3.63) is 36.1 Å². The number of amidine groups is 1. The molecule has 15 heavy (non-hydrogen) atoms. The van der Waals surface area contributed by atoms with Gasteiger partial charge in [-0.25, -0.2) is 4.99 Å². The topological polar surface area (TPSA) is 15.6 Å². The van der Waals surface area contributed by atoms with Gasteiger partial charge in [-0.1, -0.05) is 6.08 Å². The zero-order valence-corrected chi connectivity index (χ0v) is 8.87. The summed E-state index contributed by atoms with van der Waals surface area (Å²) in [5.74, 6) is 0.338. The summed E-state index contributed by atoms with van der Waals surface area (Å²) in [7, 11) is 0. The van der Waals surface area contributed by atoms with Gasteiger partial charge in [0, 0.05) is 19.3 Å². The summed E-state index contributed by atoms with van der Waals surface area (Å²) < 4.78 is 25.4. The molecule has 1 aliphatic rings. The first kappa shape index (κ1) is 11.6. The fraction of sp³-hybridized carbons (Fsp3) is 0.364. The van der Waals surface area contributed by atoms with Crippen molar-refractivity contribution in [2.45, 2.75) is 13.8 Å². The van der Waals surface area contributed by atoms with Crippen LogP contribution in [0.3, 0.4) is 0 Å². The summed E-state index contributed by atoms with van der Waals surface area (Å²) >= 11 is 0. The highest BCUT2D eigenvalue weighted by atomic mass is 19.3. The van der Waals surface area contributed by atoms with E-state index in [4.69, 9.17) is 0 Å². The summed E-state index contributed by atoms with van der Waals surface area (Å²) in [6.07, 6.45) is 4.42. The number of aliphatic imine (C=N–C) groups is 1.